The van der Waals surface area contributed by atoms with Crippen molar-refractivity contribution in [3.63, 3.8) is 0 Å². The highest BCUT2D eigenvalue weighted by Crippen LogP contribution is 2.62. The molecule has 2 amide bonds. The van der Waals surface area contributed by atoms with Crippen molar-refractivity contribution in [1.29, 1.82) is 0 Å². The van der Waals surface area contributed by atoms with Crippen molar-refractivity contribution >= 4 is 23.2 Å². The van der Waals surface area contributed by atoms with E-state index in [0.29, 0.717) is 11.8 Å². The lowest BCUT2D eigenvalue weighted by Gasteiger charge is -2.45. The standard InChI is InChI=1S/C22H31N3O2S/c1-23-14-18-21(5-6-22(18,16-23)20(27)25-9-2-3-10-25)7-11-24(12-8-21)19(26)17-4-13-28-15-17/h4,13,15,18H,2-3,5-12,14,16H2,1H3/t18-,22+/m0/s1. The molecule has 4 fully saturated rings. The van der Waals surface area contributed by atoms with E-state index in [1.807, 2.05) is 21.7 Å². The smallest absolute Gasteiger partial charge is 0.254 e. The van der Waals surface area contributed by atoms with Gasteiger partial charge in [-0.25, -0.2) is 0 Å². The summed E-state index contributed by atoms with van der Waals surface area (Å²) in [6.45, 7) is 5.54. The van der Waals surface area contributed by atoms with Crippen molar-refractivity contribution in [3.8, 4) is 0 Å². The van der Waals surface area contributed by atoms with E-state index in [0.717, 1.165) is 83.4 Å². The highest BCUT2D eigenvalue weighted by molar-refractivity contribution is 7.08. The van der Waals surface area contributed by atoms with Gasteiger partial charge >= 0.3 is 0 Å². The second-order valence-corrected chi connectivity index (χ2v) is 10.4. The van der Waals surface area contributed by atoms with Crippen LogP contribution in [0, 0.1) is 16.7 Å². The average molecular weight is 402 g/mol. The number of fused-ring (bicyclic) bond motifs is 2. The van der Waals surface area contributed by atoms with Gasteiger partial charge in [-0.2, -0.15) is 11.3 Å². The van der Waals surface area contributed by atoms with Crippen LogP contribution in [0.15, 0.2) is 16.8 Å². The van der Waals surface area contributed by atoms with Gasteiger partial charge in [0.25, 0.3) is 5.91 Å². The molecule has 5 rings (SSSR count). The van der Waals surface area contributed by atoms with E-state index in [-0.39, 0.29) is 16.7 Å². The minimum absolute atomic E-state index is 0.168. The predicted octanol–water partition coefficient (Wildman–Crippen LogP) is 2.93. The number of piperidine rings is 1. The first-order chi connectivity index (χ1) is 13.5. The summed E-state index contributed by atoms with van der Waals surface area (Å²) in [7, 11) is 2.18. The fourth-order valence-corrected chi connectivity index (χ4v) is 7.33. The van der Waals surface area contributed by atoms with Gasteiger partial charge in [0.1, 0.15) is 0 Å². The number of amides is 2. The topological polar surface area (TPSA) is 43.9 Å². The highest BCUT2D eigenvalue weighted by atomic mass is 32.1. The van der Waals surface area contributed by atoms with Crippen molar-refractivity contribution in [1.82, 2.24) is 14.7 Å². The number of carbonyl (C=O) groups is 2. The molecule has 4 heterocycles. The van der Waals surface area contributed by atoms with E-state index in [9.17, 15) is 9.59 Å². The summed E-state index contributed by atoms with van der Waals surface area (Å²) in [6.07, 6.45) is 6.62. The third-order valence-electron chi connectivity index (χ3n) is 8.16. The van der Waals surface area contributed by atoms with Gasteiger partial charge in [-0.15, -0.1) is 0 Å². The normalized spacial score (nSPS) is 32.2. The monoisotopic (exact) mass is 401 g/mol. The molecule has 3 saturated heterocycles. The molecule has 0 bridgehead atoms. The summed E-state index contributed by atoms with van der Waals surface area (Å²) >= 11 is 1.58. The van der Waals surface area contributed by atoms with Crippen molar-refractivity contribution in [3.05, 3.63) is 22.4 Å². The van der Waals surface area contributed by atoms with Gasteiger partial charge in [-0.05, 0) is 68.4 Å². The van der Waals surface area contributed by atoms with E-state index in [1.165, 1.54) is 0 Å². The lowest BCUT2D eigenvalue weighted by molar-refractivity contribution is -0.142. The minimum Gasteiger partial charge on any atom is -0.342 e. The molecular formula is C22H31N3O2S. The van der Waals surface area contributed by atoms with Gasteiger partial charge in [-0.1, -0.05) is 0 Å². The van der Waals surface area contributed by atoms with Gasteiger partial charge in [0.05, 0.1) is 11.0 Å². The molecular weight excluding hydrogens is 370 g/mol. The zero-order valence-electron chi connectivity index (χ0n) is 16.9. The van der Waals surface area contributed by atoms with Crippen molar-refractivity contribution in [2.24, 2.45) is 16.7 Å². The van der Waals surface area contributed by atoms with E-state index < -0.39 is 0 Å². The van der Waals surface area contributed by atoms with E-state index in [2.05, 4.69) is 16.8 Å². The fourth-order valence-electron chi connectivity index (χ4n) is 6.70. The Morgan fingerprint density at radius 3 is 2.46 bits per heavy atom. The molecule has 0 unspecified atom stereocenters. The van der Waals surface area contributed by atoms with Crippen LogP contribution in [-0.2, 0) is 4.79 Å². The van der Waals surface area contributed by atoms with Crippen molar-refractivity contribution in [2.45, 2.75) is 38.5 Å². The largest absolute Gasteiger partial charge is 0.342 e. The zero-order valence-corrected chi connectivity index (χ0v) is 17.7. The molecule has 6 heteroatoms. The van der Waals surface area contributed by atoms with Crippen LogP contribution in [0.1, 0.15) is 48.9 Å². The SMILES string of the molecule is CN1C[C@H]2C3(CCN(C(=O)c4ccsc4)CC3)CC[C@@]2(C(=O)N2CCCC2)C1. The second-order valence-electron chi connectivity index (χ2n) is 9.57. The van der Waals surface area contributed by atoms with Crippen LogP contribution in [0.25, 0.3) is 0 Å². The number of nitrogens with zero attached hydrogens (tertiary/aromatic N) is 3. The first kappa shape index (κ1) is 18.6. The Hall–Kier alpha value is -1.40. The van der Waals surface area contributed by atoms with Gasteiger partial charge in [-0.3, -0.25) is 9.59 Å². The summed E-state index contributed by atoms with van der Waals surface area (Å²) in [5.74, 6) is 1.07. The van der Waals surface area contributed by atoms with Crippen LogP contribution in [0.3, 0.4) is 0 Å². The van der Waals surface area contributed by atoms with Crippen molar-refractivity contribution < 1.29 is 9.59 Å². The molecule has 0 N–H and O–H groups in total. The first-order valence-electron chi connectivity index (χ1n) is 10.8. The molecule has 2 atom stereocenters. The quantitative estimate of drug-likeness (QED) is 0.765. The molecule has 1 aliphatic carbocycles. The lowest BCUT2D eigenvalue weighted by Crippen LogP contribution is -2.50. The average Bonchev–Trinajstić information content (AvgIpc) is 3.48. The van der Waals surface area contributed by atoms with Crippen LogP contribution < -0.4 is 0 Å². The Bertz CT molecular complexity index is 750. The summed E-state index contributed by atoms with van der Waals surface area (Å²) in [5.41, 5.74) is 0.899. The third-order valence-corrected chi connectivity index (χ3v) is 8.84. The molecule has 0 aromatic carbocycles. The molecule has 1 spiro atoms. The molecule has 3 aliphatic heterocycles. The summed E-state index contributed by atoms with van der Waals surface area (Å²) in [4.78, 5) is 32.9. The summed E-state index contributed by atoms with van der Waals surface area (Å²) in [5, 5.41) is 3.93. The van der Waals surface area contributed by atoms with Crippen LogP contribution in [0.4, 0.5) is 0 Å². The first-order valence-corrected chi connectivity index (χ1v) is 11.8. The Morgan fingerprint density at radius 2 is 1.79 bits per heavy atom. The van der Waals surface area contributed by atoms with E-state index >= 15 is 0 Å². The maximum atomic E-state index is 13.6. The second kappa shape index (κ2) is 6.84. The number of rotatable bonds is 2. The number of thiophene rings is 1. The number of likely N-dealkylation sites (tertiary alicyclic amines) is 3. The Kier molecular flexibility index (Phi) is 4.55. The zero-order chi connectivity index (χ0) is 19.4. The molecule has 1 aromatic rings. The number of hydrogen-bond donors (Lipinski definition) is 0. The number of carbonyl (C=O) groups excluding carboxylic acids is 2. The van der Waals surface area contributed by atoms with Gasteiger partial charge < -0.3 is 14.7 Å². The third kappa shape index (κ3) is 2.75. The highest BCUT2D eigenvalue weighted by Gasteiger charge is 2.64. The molecule has 0 radical (unpaired) electrons. The maximum Gasteiger partial charge on any atom is 0.254 e. The molecule has 4 aliphatic rings. The predicted molar refractivity (Wildman–Crippen MR) is 110 cm³/mol. The van der Waals surface area contributed by atoms with Gasteiger partial charge in [0.15, 0.2) is 0 Å². The van der Waals surface area contributed by atoms with Crippen LogP contribution in [-0.4, -0.2) is 72.8 Å². The Balaban J connectivity index is 1.34. The molecule has 5 nitrogen and oxygen atoms in total. The van der Waals surface area contributed by atoms with Crippen LogP contribution in [0.5, 0.6) is 0 Å². The Morgan fingerprint density at radius 1 is 1.04 bits per heavy atom. The molecule has 152 valence electrons. The summed E-state index contributed by atoms with van der Waals surface area (Å²) in [6, 6.07) is 1.93. The van der Waals surface area contributed by atoms with Gasteiger partial charge in [0, 0.05) is 44.6 Å². The van der Waals surface area contributed by atoms with Crippen molar-refractivity contribution in [2.75, 3.05) is 46.3 Å². The maximum absolute atomic E-state index is 13.6. The number of hydrogen-bond acceptors (Lipinski definition) is 4. The minimum atomic E-state index is -0.168. The Labute approximate surface area is 171 Å². The van der Waals surface area contributed by atoms with Gasteiger partial charge in [0.2, 0.25) is 5.91 Å². The van der Waals surface area contributed by atoms with E-state index in [1.54, 1.807) is 11.3 Å². The molecule has 28 heavy (non-hydrogen) atoms. The van der Waals surface area contributed by atoms with Crippen LogP contribution in [0.2, 0.25) is 0 Å². The molecule has 1 aromatic heterocycles. The summed E-state index contributed by atoms with van der Waals surface area (Å²) < 4.78 is 0. The fraction of sp³-hybridized carbons (Fsp3) is 0.727. The molecule has 1 saturated carbocycles. The van der Waals surface area contributed by atoms with E-state index in [4.69, 9.17) is 0 Å². The van der Waals surface area contributed by atoms with Crippen LogP contribution >= 0.6 is 11.3 Å². The lowest BCUT2D eigenvalue weighted by atomic mass is 9.65.